The van der Waals surface area contributed by atoms with Crippen molar-refractivity contribution in [1.29, 1.82) is 0 Å². The number of aliphatic hydroxyl groups is 1. The first kappa shape index (κ1) is 17.9. The highest BCUT2D eigenvalue weighted by Gasteiger charge is 2.21. The topological polar surface area (TPSA) is 92.1 Å². The molecule has 0 aliphatic rings. The molecular weight excluding hydrogens is 306 g/mol. The van der Waals surface area contributed by atoms with Gasteiger partial charge in [-0.25, -0.2) is 9.78 Å². The van der Waals surface area contributed by atoms with Gasteiger partial charge in [-0.2, -0.15) is 9.78 Å². The zero-order valence-electron chi connectivity index (χ0n) is 14.6. The van der Waals surface area contributed by atoms with Gasteiger partial charge in [-0.15, -0.1) is 0 Å². The Hall–Kier alpha value is -2.41. The molecule has 2 amide bonds. The van der Waals surface area contributed by atoms with E-state index in [1.54, 1.807) is 17.8 Å². The van der Waals surface area contributed by atoms with E-state index in [0.29, 0.717) is 24.6 Å². The lowest BCUT2D eigenvalue weighted by Crippen LogP contribution is -2.31. The average molecular weight is 331 g/mol. The fourth-order valence-electron chi connectivity index (χ4n) is 2.05. The molecule has 2 aromatic rings. The zero-order valence-corrected chi connectivity index (χ0v) is 14.6. The summed E-state index contributed by atoms with van der Waals surface area (Å²) in [6.07, 6.45) is 1.73. The van der Waals surface area contributed by atoms with Gasteiger partial charge in [-0.1, -0.05) is 26.8 Å². The molecule has 3 N–H and O–H groups in total. The van der Waals surface area contributed by atoms with Crippen molar-refractivity contribution in [2.45, 2.75) is 45.6 Å². The first-order valence-corrected chi connectivity index (χ1v) is 8.02. The third-order valence-corrected chi connectivity index (χ3v) is 3.43. The van der Waals surface area contributed by atoms with E-state index in [0.717, 1.165) is 5.69 Å². The minimum Gasteiger partial charge on any atom is -0.393 e. The lowest BCUT2D eigenvalue weighted by atomic mass is 9.92. The summed E-state index contributed by atoms with van der Waals surface area (Å²) in [6, 6.07) is 7.04. The van der Waals surface area contributed by atoms with E-state index in [2.05, 4.69) is 41.5 Å². The Labute approximate surface area is 142 Å². The molecule has 0 unspecified atom stereocenters. The van der Waals surface area contributed by atoms with Gasteiger partial charge in [0.15, 0.2) is 5.82 Å². The molecule has 0 bridgehead atoms. The van der Waals surface area contributed by atoms with E-state index in [9.17, 15) is 9.90 Å². The maximum Gasteiger partial charge on any atom is 0.320 e. The van der Waals surface area contributed by atoms with Crippen LogP contribution in [0.1, 0.15) is 39.8 Å². The van der Waals surface area contributed by atoms with Gasteiger partial charge < -0.3 is 10.4 Å². The highest BCUT2D eigenvalue weighted by atomic mass is 16.3. The second-order valence-corrected chi connectivity index (χ2v) is 6.78. The van der Waals surface area contributed by atoms with Crippen molar-refractivity contribution in [3.63, 3.8) is 0 Å². The zero-order chi connectivity index (χ0) is 17.7. The Kier molecular flexibility index (Phi) is 5.56. The van der Waals surface area contributed by atoms with Gasteiger partial charge in [0.25, 0.3) is 0 Å². The van der Waals surface area contributed by atoms with E-state index in [4.69, 9.17) is 0 Å². The maximum atomic E-state index is 12.1. The molecule has 0 saturated carbocycles. The molecule has 0 fully saturated rings. The summed E-state index contributed by atoms with van der Waals surface area (Å²) >= 11 is 0. The Morgan fingerprint density at radius 2 is 2.12 bits per heavy atom. The smallest absolute Gasteiger partial charge is 0.320 e. The number of nitrogens with zero attached hydrogens (tertiary/aromatic N) is 3. The summed E-state index contributed by atoms with van der Waals surface area (Å²) in [4.78, 5) is 16.4. The van der Waals surface area contributed by atoms with E-state index in [1.807, 2.05) is 24.3 Å². The number of urea groups is 1. The van der Waals surface area contributed by atoms with Gasteiger partial charge in [0.1, 0.15) is 5.82 Å². The van der Waals surface area contributed by atoms with Crippen LogP contribution in [0.5, 0.6) is 0 Å². The molecule has 24 heavy (non-hydrogen) atoms. The van der Waals surface area contributed by atoms with Crippen LogP contribution in [-0.2, 0) is 5.41 Å². The molecule has 0 aromatic carbocycles. The van der Waals surface area contributed by atoms with Crippen LogP contribution >= 0.6 is 0 Å². The fraction of sp³-hybridized carbons (Fsp3) is 0.471. The van der Waals surface area contributed by atoms with Gasteiger partial charge in [0, 0.05) is 24.2 Å². The number of nitrogens with one attached hydrogen (secondary N) is 2. The van der Waals surface area contributed by atoms with Crippen molar-refractivity contribution < 1.29 is 9.90 Å². The standard InChI is InChI=1S/C17H25N5O2/c1-12(23)8-10-19-16(24)20-15-11-13(17(2,3)4)21-22(15)14-7-5-6-9-18-14/h5-7,9,11-12,23H,8,10H2,1-4H3,(H2,19,20,24)/t12-/m1/s1. The van der Waals surface area contributed by atoms with E-state index in [1.165, 1.54) is 0 Å². The highest BCUT2D eigenvalue weighted by molar-refractivity contribution is 5.88. The molecule has 7 heteroatoms. The third kappa shape index (κ3) is 4.79. The van der Waals surface area contributed by atoms with Crippen LogP contribution in [0.3, 0.4) is 0 Å². The van der Waals surface area contributed by atoms with Crippen LogP contribution in [0, 0.1) is 0 Å². The van der Waals surface area contributed by atoms with Crippen molar-refractivity contribution in [2.24, 2.45) is 0 Å². The van der Waals surface area contributed by atoms with Crippen molar-refractivity contribution in [3.05, 3.63) is 36.2 Å². The maximum absolute atomic E-state index is 12.1. The van der Waals surface area contributed by atoms with E-state index < -0.39 is 6.10 Å². The number of amides is 2. The van der Waals surface area contributed by atoms with Crippen LogP contribution in [-0.4, -0.2) is 38.6 Å². The first-order valence-electron chi connectivity index (χ1n) is 8.02. The lowest BCUT2D eigenvalue weighted by molar-refractivity contribution is 0.184. The van der Waals surface area contributed by atoms with E-state index in [-0.39, 0.29) is 11.4 Å². The summed E-state index contributed by atoms with van der Waals surface area (Å²) in [5.74, 6) is 1.18. The number of hydrogen-bond acceptors (Lipinski definition) is 4. The number of aliphatic hydroxyl groups excluding tert-OH is 1. The number of aromatic nitrogens is 3. The first-order chi connectivity index (χ1) is 11.3. The van der Waals surface area contributed by atoms with Crippen LogP contribution in [0.2, 0.25) is 0 Å². The van der Waals surface area contributed by atoms with Gasteiger partial charge >= 0.3 is 6.03 Å². The number of rotatable bonds is 5. The van der Waals surface area contributed by atoms with Crippen molar-refractivity contribution in [1.82, 2.24) is 20.1 Å². The molecule has 0 aliphatic heterocycles. The molecule has 0 saturated heterocycles. The molecule has 130 valence electrons. The predicted molar refractivity (Wildman–Crippen MR) is 93.4 cm³/mol. The number of anilines is 1. The van der Waals surface area contributed by atoms with Gasteiger partial charge in [0.2, 0.25) is 0 Å². The van der Waals surface area contributed by atoms with Crippen molar-refractivity contribution in [3.8, 4) is 5.82 Å². The Morgan fingerprint density at radius 3 is 2.71 bits per heavy atom. The summed E-state index contributed by atoms with van der Waals surface area (Å²) in [7, 11) is 0. The average Bonchev–Trinajstić information content (AvgIpc) is 2.91. The Bertz CT molecular complexity index is 674. The van der Waals surface area contributed by atoms with Crippen LogP contribution in [0.4, 0.5) is 10.6 Å². The predicted octanol–water partition coefficient (Wildman–Crippen LogP) is 2.46. The Balaban J connectivity index is 2.21. The fourth-order valence-corrected chi connectivity index (χ4v) is 2.05. The molecule has 1 atom stereocenters. The second-order valence-electron chi connectivity index (χ2n) is 6.78. The largest absolute Gasteiger partial charge is 0.393 e. The molecule has 2 heterocycles. The molecular formula is C17H25N5O2. The van der Waals surface area contributed by atoms with E-state index >= 15 is 0 Å². The normalized spacial score (nSPS) is 12.7. The molecule has 2 rings (SSSR count). The summed E-state index contributed by atoms with van der Waals surface area (Å²) in [5.41, 5.74) is 0.701. The minimum absolute atomic E-state index is 0.154. The molecule has 7 nitrogen and oxygen atoms in total. The summed E-state index contributed by atoms with van der Waals surface area (Å²) in [6.45, 7) is 8.26. The highest BCUT2D eigenvalue weighted by Crippen LogP contribution is 2.25. The second kappa shape index (κ2) is 7.44. The minimum atomic E-state index is -0.447. The quantitative estimate of drug-likeness (QED) is 0.785. The molecule has 0 spiro atoms. The SMILES string of the molecule is C[C@@H](O)CCNC(=O)Nc1cc(C(C)(C)C)nn1-c1ccccn1. The van der Waals surface area contributed by atoms with Crippen LogP contribution in [0.25, 0.3) is 5.82 Å². The molecule has 0 radical (unpaired) electrons. The van der Waals surface area contributed by atoms with Crippen LogP contribution < -0.4 is 10.6 Å². The van der Waals surface area contributed by atoms with Gasteiger partial charge in [-0.05, 0) is 25.5 Å². The lowest BCUT2D eigenvalue weighted by Gasteiger charge is -2.13. The number of carbonyl (C=O) groups excluding carboxylic acids is 1. The van der Waals surface area contributed by atoms with Crippen molar-refractivity contribution >= 4 is 11.8 Å². The Morgan fingerprint density at radius 1 is 1.38 bits per heavy atom. The number of pyridine rings is 1. The summed E-state index contributed by atoms with van der Waals surface area (Å²) in [5, 5.41) is 19.4. The third-order valence-electron chi connectivity index (χ3n) is 3.43. The number of carbonyl (C=O) groups is 1. The molecule has 0 aliphatic carbocycles. The molecule has 2 aromatic heterocycles. The monoisotopic (exact) mass is 331 g/mol. The van der Waals surface area contributed by atoms with Gasteiger partial charge in [0.05, 0.1) is 11.8 Å². The van der Waals surface area contributed by atoms with Gasteiger partial charge in [-0.3, -0.25) is 5.32 Å². The van der Waals surface area contributed by atoms with Crippen molar-refractivity contribution in [2.75, 3.05) is 11.9 Å². The summed E-state index contributed by atoms with van der Waals surface area (Å²) < 4.78 is 1.62. The van der Waals surface area contributed by atoms with Crippen LogP contribution in [0.15, 0.2) is 30.5 Å². The number of hydrogen-bond donors (Lipinski definition) is 3.